The first-order chi connectivity index (χ1) is 8.63. The molecule has 0 bridgehead atoms. The SMILES string of the molecule is CCC1CCC(N(C)C(=O)c2cn[nH]c2N)CC1. The van der Waals surface area contributed by atoms with Crippen molar-refractivity contribution in [2.75, 3.05) is 12.8 Å². The Kier molecular flexibility index (Phi) is 3.89. The van der Waals surface area contributed by atoms with Crippen LogP contribution >= 0.6 is 0 Å². The zero-order valence-corrected chi connectivity index (χ0v) is 11.1. The molecule has 0 radical (unpaired) electrons. The normalized spacial score (nSPS) is 23.9. The van der Waals surface area contributed by atoms with Gasteiger partial charge in [0.05, 0.1) is 6.20 Å². The maximum atomic E-state index is 12.3. The van der Waals surface area contributed by atoms with Crippen molar-refractivity contribution in [2.45, 2.75) is 45.1 Å². The average Bonchev–Trinajstić information content (AvgIpc) is 2.83. The zero-order valence-electron chi connectivity index (χ0n) is 11.1. The van der Waals surface area contributed by atoms with Gasteiger partial charge in [-0.15, -0.1) is 0 Å². The van der Waals surface area contributed by atoms with Gasteiger partial charge in [0.15, 0.2) is 0 Å². The molecule has 100 valence electrons. The topological polar surface area (TPSA) is 75.0 Å². The van der Waals surface area contributed by atoms with Crippen molar-refractivity contribution in [2.24, 2.45) is 5.92 Å². The van der Waals surface area contributed by atoms with Gasteiger partial charge in [0.25, 0.3) is 5.91 Å². The molecule has 0 atom stereocenters. The van der Waals surface area contributed by atoms with Crippen LogP contribution in [-0.2, 0) is 0 Å². The van der Waals surface area contributed by atoms with E-state index in [0.29, 0.717) is 17.4 Å². The molecule has 5 nitrogen and oxygen atoms in total. The van der Waals surface area contributed by atoms with Gasteiger partial charge in [-0.05, 0) is 31.6 Å². The standard InChI is InChI=1S/C13H22N4O/c1-3-9-4-6-10(7-5-9)17(2)13(18)11-8-15-16-12(11)14/h8-10H,3-7H2,1-2H3,(H3,14,15,16). The van der Waals surface area contributed by atoms with Crippen LogP contribution in [0.25, 0.3) is 0 Å². The van der Waals surface area contributed by atoms with Crippen LogP contribution in [-0.4, -0.2) is 34.1 Å². The molecule has 1 saturated carbocycles. The lowest BCUT2D eigenvalue weighted by Gasteiger charge is -2.34. The Bertz CT molecular complexity index is 407. The van der Waals surface area contributed by atoms with E-state index in [4.69, 9.17) is 5.73 Å². The third kappa shape index (κ3) is 2.49. The highest BCUT2D eigenvalue weighted by Gasteiger charge is 2.27. The summed E-state index contributed by atoms with van der Waals surface area (Å²) in [5, 5.41) is 6.40. The van der Waals surface area contributed by atoms with Gasteiger partial charge < -0.3 is 10.6 Å². The predicted octanol–water partition coefficient (Wildman–Crippen LogP) is 2.03. The number of anilines is 1. The maximum Gasteiger partial charge on any atom is 0.259 e. The number of nitrogens with two attached hydrogens (primary N) is 1. The van der Waals surface area contributed by atoms with Gasteiger partial charge in [-0.1, -0.05) is 13.3 Å². The van der Waals surface area contributed by atoms with Crippen LogP contribution in [0.4, 0.5) is 5.82 Å². The van der Waals surface area contributed by atoms with Gasteiger partial charge in [-0.2, -0.15) is 5.10 Å². The van der Waals surface area contributed by atoms with Crippen LogP contribution in [0.1, 0.15) is 49.4 Å². The number of hydrogen-bond donors (Lipinski definition) is 2. The summed E-state index contributed by atoms with van der Waals surface area (Å²) in [5.74, 6) is 1.17. The Morgan fingerprint density at radius 2 is 2.17 bits per heavy atom. The largest absolute Gasteiger partial charge is 0.383 e. The van der Waals surface area contributed by atoms with Gasteiger partial charge >= 0.3 is 0 Å². The Hall–Kier alpha value is -1.52. The number of rotatable bonds is 3. The summed E-state index contributed by atoms with van der Waals surface area (Å²) in [6.07, 6.45) is 7.39. The second-order valence-corrected chi connectivity index (χ2v) is 5.20. The van der Waals surface area contributed by atoms with E-state index in [-0.39, 0.29) is 5.91 Å². The van der Waals surface area contributed by atoms with Crippen LogP contribution in [0.5, 0.6) is 0 Å². The van der Waals surface area contributed by atoms with Crippen molar-refractivity contribution in [1.29, 1.82) is 0 Å². The van der Waals surface area contributed by atoms with E-state index in [1.807, 2.05) is 11.9 Å². The second kappa shape index (κ2) is 5.42. The molecule has 0 unspecified atom stereocenters. The van der Waals surface area contributed by atoms with Crippen molar-refractivity contribution >= 4 is 11.7 Å². The van der Waals surface area contributed by atoms with Gasteiger partial charge in [-0.3, -0.25) is 9.89 Å². The molecule has 0 saturated heterocycles. The molecular formula is C13H22N4O. The molecule has 1 fully saturated rings. The molecule has 1 aliphatic rings. The monoisotopic (exact) mass is 250 g/mol. The quantitative estimate of drug-likeness (QED) is 0.862. The highest BCUT2D eigenvalue weighted by atomic mass is 16.2. The lowest BCUT2D eigenvalue weighted by atomic mass is 9.84. The van der Waals surface area contributed by atoms with Crippen molar-refractivity contribution in [3.63, 3.8) is 0 Å². The predicted molar refractivity (Wildman–Crippen MR) is 71.1 cm³/mol. The molecule has 1 aromatic rings. The smallest absolute Gasteiger partial charge is 0.259 e. The molecule has 0 aliphatic heterocycles. The van der Waals surface area contributed by atoms with E-state index in [1.165, 1.54) is 25.5 Å². The highest BCUT2D eigenvalue weighted by molar-refractivity contribution is 5.98. The molecule has 1 heterocycles. The van der Waals surface area contributed by atoms with Crippen LogP contribution in [0.3, 0.4) is 0 Å². The van der Waals surface area contributed by atoms with E-state index in [9.17, 15) is 4.79 Å². The van der Waals surface area contributed by atoms with E-state index in [1.54, 1.807) is 0 Å². The first-order valence-electron chi connectivity index (χ1n) is 6.69. The molecule has 18 heavy (non-hydrogen) atoms. The number of carbonyl (C=O) groups is 1. The number of carbonyl (C=O) groups excluding carboxylic acids is 1. The van der Waals surface area contributed by atoms with Gasteiger partial charge in [-0.25, -0.2) is 0 Å². The number of hydrogen-bond acceptors (Lipinski definition) is 3. The summed E-state index contributed by atoms with van der Waals surface area (Å²) in [7, 11) is 1.87. The maximum absolute atomic E-state index is 12.3. The molecule has 0 spiro atoms. The summed E-state index contributed by atoms with van der Waals surface area (Å²) < 4.78 is 0. The number of nitrogens with one attached hydrogen (secondary N) is 1. The third-order valence-electron chi connectivity index (χ3n) is 4.16. The Morgan fingerprint density at radius 1 is 1.50 bits per heavy atom. The van der Waals surface area contributed by atoms with E-state index in [0.717, 1.165) is 18.8 Å². The Labute approximate surface area is 108 Å². The lowest BCUT2D eigenvalue weighted by Crippen LogP contribution is -2.39. The Balaban J connectivity index is 1.98. The van der Waals surface area contributed by atoms with E-state index in [2.05, 4.69) is 17.1 Å². The number of H-pyrrole nitrogens is 1. The number of aromatic amines is 1. The fourth-order valence-corrected chi connectivity index (χ4v) is 2.76. The molecule has 1 aromatic heterocycles. The van der Waals surface area contributed by atoms with Gasteiger partial charge in [0, 0.05) is 13.1 Å². The van der Waals surface area contributed by atoms with Crippen LogP contribution in [0, 0.1) is 5.92 Å². The third-order valence-corrected chi connectivity index (χ3v) is 4.16. The molecule has 2 rings (SSSR count). The summed E-state index contributed by atoms with van der Waals surface area (Å²) >= 11 is 0. The van der Waals surface area contributed by atoms with Crippen LogP contribution in [0.2, 0.25) is 0 Å². The Morgan fingerprint density at radius 3 is 2.67 bits per heavy atom. The molecule has 3 N–H and O–H groups in total. The zero-order chi connectivity index (χ0) is 13.1. The highest BCUT2D eigenvalue weighted by Crippen LogP contribution is 2.29. The molecule has 1 aliphatic carbocycles. The van der Waals surface area contributed by atoms with Crippen LogP contribution < -0.4 is 5.73 Å². The average molecular weight is 250 g/mol. The van der Waals surface area contributed by atoms with Crippen LogP contribution in [0.15, 0.2) is 6.20 Å². The number of amides is 1. The van der Waals surface area contributed by atoms with Crippen molar-refractivity contribution < 1.29 is 4.79 Å². The molecular weight excluding hydrogens is 228 g/mol. The van der Waals surface area contributed by atoms with Gasteiger partial charge in [0.2, 0.25) is 0 Å². The van der Waals surface area contributed by atoms with Crippen molar-refractivity contribution in [1.82, 2.24) is 15.1 Å². The number of nitrogen functional groups attached to an aromatic ring is 1. The van der Waals surface area contributed by atoms with Crippen molar-refractivity contribution in [3.8, 4) is 0 Å². The summed E-state index contributed by atoms with van der Waals surface area (Å²) in [4.78, 5) is 14.1. The van der Waals surface area contributed by atoms with E-state index < -0.39 is 0 Å². The summed E-state index contributed by atoms with van der Waals surface area (Å²) in [6.45, 7) is 2.24. The number of aromatic nitrogens is 2. The van der Waals surface area contributed by atoms with Gasteiger partial charge in [0.1, 0.15) is 11.4 Å². The van der Waals surface area contributed by atoms with Crippen molar-refractivity contribution in [3.05, 3.63) is 11.8 Å². The minimum Gasteiger partial charge on any atom is -0.383 e. The van der Waals surface area contributed by atoms with E-state index >= 15 is 0 Å². The fraction of sp³-hybridized carbons (Fsp3) is 0.692. The molecule has 0 aromatic carbocycles. The first kappa shape index (κ1) is 12.9. The minimum absolute atomic E-state index is 0.0267. The second-order valence-electron chi connectivity index (χ2n) is 5.20. The lowest BCUT2D eigenvalue weighted by molar-refractivity contribution is 0.0676. The minimum atomic E-state index is -0.0267. The molecule has 5 heteroatoms. The fourth-order valence-electron chi connectivity index (χ4n) is 2.76. The number of nitrogens with zero attached hydrogens (tertiary/aromatic N) is 2. The summed E-state index contributed by atoms with van der Waals surface area (Å²) in [5.41, 5.74) is 6.17. The summed E-state index contributed by atoms with van der Waals surface area (Å²) in [6, 6.07) is 0.342. The first-order valence-corrected chi connectivity index (χ1v) is 6.69. The molecule has 1 amide bonds.